The zero-order valence-electron chi connectivity index (χ0n) is 47.1. The molecule has 20 heteroatoms. The first-order valence-electron chi connectivity index (χ1n) is 27.7. The van der Waals surface area contributed by atoms with Gasteiger partial charge in [0.25, 0.3) is 17.6 Å². The lowest BCUT2D eigenvalue weighted by Crippen LogP contribution is -2.61. The summed E-state index contributed by atoms with van der Waals surface area (Å²) in [6.07, 6.45) is 8.19. The number of carbonyl (C=O) groups is 5. The summed E-state index contributed by atoms with van der Waals surface area (Å²) in [5.41, 5.74) is 8.12. The van der Waals surface area contributed by atoms with Crippen LogP contribution in [0.2, 0.25) is 0 Å². The van der Waals surface area contributed by atoms with Crippen molar-refractivity contribution in [1.29, 1.82) is 0 Å². The lowest BCUT2D eigenvalue weighted by atomic mass is 9.80. The van der Waals surface area contributed by atoms with Gasteiger partial charge in [0.05, 0.1) is 49.4 Å². The fraction of sp³-hybridized carbons (Fsp3) is 0.754. The lowest BCUT2D eigenvalue weighted by Gasteiger charge is -2.42. The molecule has 3 fully saturated rings. The van der Waals surface area contributed by atoms with Crippen molar-refractivity contribution in [3.05, 3.63) is 47.6 Å². The van der Waals surface area contributed by atoms with Crippen LogP contribution in [-0.2, 0) is 52.5 Å². The number of piperidine rings is 1. The number of nitrogens with zero attached hydrogens (tertiary/aromatic N) is 2. The molecule has 0 aromatic carbocycles. The summed E-state index contributed by atoms with van der Waals surface area (Å²) >= 11 is 0. The normalized spacial score (nSPS) is 36.2. The Bertz CT molecular complexity index is 2080. The van der Waals surface area contributed by atoms with Gasteiger partial charge in [-0.05, 0) is 108 Å². The van der Waals surface area contributed by atoms with Crippen LogP contribution in [0.3, 0.4) is 0 Å². The number of cyclic esters (lactones) is 1. The van der Waals surface area contributed by atoms with Crippen LogP contribution >= 0.6 is 0 Å². The summed E-state index contributed by atoms with van der Waals surface area (Å²) in [7, 11) is 3.09. The van der Waals surface area contributed by atoms with E-state index < -0.39 is 115 Å². The third kappa shape index (κ3) is 19.8. The molecule has 77 heavy (non-hydrogen) atoms. The smallest absolute Gasteiger partial charge is 0.329 e. The summed E-state index contributed by atoms with van der Waals surface area (Å²) < 4.78 is 29.2. The molecule has 436 valence electrons. The van der Waals surface area contributed by atoms with E-state index in [4.69, 9.17) is 34.3 Å². The maximum absolute atomic E-state index is 14.5. The number of nitrogens with one attached hydrogen (secondary N) is 1. The lowest BCUT2D eigenvalue weighted by molar-refractivity contribution is -0.265. The van der Waals surface area contributed by atoms with E-state index in [2.05, 4.69) is 10.5 Å². The largest absolute Gasteiger partial charge is 0.459 e. The van der Waals surface area contributed by atoms with E-state index in [0.29, 0.717) is 57.8 Å². The van der Waals surface area contributed by atoms with E-state index in [1.165, 1.54) is 14.0 Å². The molecule has 3 aliphatic heterocycles. The number of nitrogens with two attached hydrogens (primary N) is 1. The summed E-state index contributed by atoms with van der Waals surface area (Å²) in [5.74, 6) is -8.08. The van der Waals surface area contributed by atoms with Gasteiger partial charge in [0.1, 0.15) is 30.1 Å². The van der Waals surface area contributed by atoms with Gasteiger partial charge in [-0.15, -0.1) is 0 Å². The van der Waals surface area contributed by atoms with Crippen molar-refractivity contribution in [2.75, 3.05) is 47.1 Å². The molecule has 0 aromatic rings. The number of allylic oxidation sites excluding steroid dienone is 5. The molecule has 2 saturated heterocycles. The first-order valence-corrected chi connectivity index (χ1v) is 27.7. The summed E-state index contributed by atoms with van der Waals surface area (Å²) in [6, 6.07) is -2.04. The fourth-order valence-electron chi connectivity index (χ4n) is 10.8. The highest BCUT2D eigenvalue weighted by Gasteiger charge is 2.53. The predicted octanol–water partition coefficient (Wildman–Crippen LogP) is 3.92. The van der Waals surface area contributed by atoms with Crippen LogP contribution in [0, 0.1) is 29.6 Å². The molecular formula is C57H92N4O16. The molecular weight excluding hydrogens is 997 g/mol. The van der Waals surface area contributed by atoms with Crippen LogP contribution in [0.25, 0.3) is 0 Å². The molecule has 20 nitrogen and oxygen atoms in total. The number of aliphatic hydroxyl groups is 5. The minimum atomic E-state index is -2.47. The quantitative estimate of drug-likeness (QED) is 0.0426. The maximum atomic E-state index is 14.5. The van der Waals surface area contributed by atoms with Crippen molar-refractivity contribution in [1.82, 2.24) is 10.2 Å². The van der Waals surface area contributed by atoms with Gasteiger partial charge in [-0.1, -0.05) is 69.3 Å². The molecule has 0 spiro atoms. The van der Waals surface area contributed by atoms with Gasteiger partial charge < -0.3 is 70.0 Å². The van der Waals surface area contributed by atoms with Crippen molar-refractivity contribution in [2.24, 2.45) is 40.5 Å². The first-order chi connectivity index (χ1) is 36.5. The number of hydrogen-bond acceptors (Lipinski definition) is 18. The van der Waals surface area contributed by atoms with Gasteiger partial charge in [0.15, 0.2) is 6.61 Å². The monoisotopic (exact) mass is 1090 g/mol. The Morgan fingerprint density at radius 2 is 1.62 bits per heavy atom. The number of aliphatic hydroxyl groups excluding tert-OH is 4. The maximum Gasteiger partial charge on any atom is 0.329 e. The highest BCUT2D eigenvalue weighted by molar-refractivity contribution is 6.39. The minimum Gasteiger partial charge on any atom is -0.459 e. The Morgan fingerprint density at radius 1 is 0.883 bits per heavy atom. The fourth-order valence-corrected chi connectivity index (χ4v) is 10.8. The zero-order valence-corrected chi connectivity index (χ0v) is 47.1. The van der Waals surface area contributed by atoms with Crippen molar-refractivity contribution < 1.29 is 78.0 Å². The van der Waals surface area contributed by atoms with Crippen LogP contribution in [0.5, 0.6) is 0 Å². The van der Waals surface area contributed by atoms with Crippen LogP contribution in [0.1, 0.15) is 132 Å². The standard InChI is InChI=1S/C57H92N4O16/c1-34-15-11-10-12-16-35(2)47(72-8)31-42-20-18-39(6)57(71,77-42)54(68)55(69)61-24-14-13-17-44(61)56(70)76-48(43(58)29-41-19-21-45(63)49(30-41)73-9)32-46(64)36(3)28-38(5)52(66)53(67)51(37(4)27-34)60-75-33-50(65)59-23-26-74-25-22-40(7)62/h10-12,15-16,28,34,36-37,39,41-49,52-53,63-64,66-67,71H,13-14,17-27,29-33,58H2,1-9H3,(H,59,65)/b12-10?,15-11+,35-16?,38-28+,60-51+/t34-,36-,37-,39-,41+,42+,43-,44+,45-,46-,47+,48+,49-,52-,53+,57-/m1/s1. The average molecular weight is 1090 g/mol. The van der Waals surface area contributed by atoms with E-state index >= 15 is 0 Å². The zero-order chi connectivity index (χ0) is 57.0. The van der Waals surface area contributed by atoms with E-state index in [1.807, 2.05) is 51.2 Å². The number of hydrogen-bond donors (Lipinski definition) is 7. The van der Waals surface area contributed by atoms with Crippen LogP contribution in [0.4, 0.5) is 0 Å². The number of Topliss-reactive ketones (excluding diaryl/α,β-unsaturated/α-hetero) is 2. The summed E-state index contributed by atoms with van der Waals surface area (Å²) in [4.78, 5) is 73.6. The third-order valence-electron chi connectivity index (χ3n) is 15.7. The minimum absolute atomic E-state index is 0.00656. The van der Waals surface area contributed by atoms with Gasteiger partial charge in [0.2, 0.25) is 5.79 Å². The number of methoxy groups -OCH3 is 2. The van der Waals surface area contributed by atoms with Gasteiger partial charge >= 0.3 is 5.97 Å². The van der Waals surface area contributed by atoms with Crippen LogP contribution in [-0.4, -0.2) is 179 Å². The second-order valence-electron chi connectivity index (χ2n) is 22.1. The Morgan fingerprint density at radius 3 is 2.32 bits per heavy atom. The topological polar surface area (TPSA) is 296 Å². The Balaban J connectivity index is 1.70. The van der Waals surface area contributed by atoms with Crippen LogP contribution in [0.15, 0.2) is 52.8 Å². The molecule has 3 heterocycles. The molecule has 16 atom stereocenters. The van der Waals surface area contributed by atoms with Crippen molar-refractivity contribution in [3.63, 3.8) is 0 Å². The predicted molar refractivity (Wildman–Crippen MR) is 288 cm³/mol. The molecule has 0 radical (unpaired) electrons. The van der Waals surface area contributed by atoms with Crippen molar-refractivity contribution >= 4 is 35.1 Å². The number of fused-ring (bicyclic) bond motifs is 3. The molecule has 1 saturated carbocycles. The van der Waals surface area contributed by atoms with Gasteiger partial charge in [-0.25, -0.2) is 4.79 Å². The van der Waals surface area contributed by atoms with E-state index in [9.17, 15) is 49.5 Å². The number of esters is 1. The molecule has 4 aliphatic rings. The molecule has 8 N–H and O–H groups in total. The molecule has 0 aromatic heterocycles. The highest BCUT2D eigenvalue weighted by atomic mass is 16.6. The number of carbonyl (C=O) groups excluding carboxylic acids is 5. The van der Waals surface area contributed by atoms with E-state index in [-0.39, 0.29) is 80.9 Å². The average Bonchev–Trinajstić information content (AvgIpc) is 3.39. The Kier molecular flexibility index (Phi) is 27.3. The van der Waals surface area contributed by atoms with Gasteiger partial charge in [-0.2, -0.15) is 0 Å². The number of ketones is 2. The molecule has 2 bridgehead atoms. The summed E-state index contributed by atoms with van der Waals surface area (Å²) in [6.45, 7) is 12.2. The second-order valence-corrected chi connectivity index (χ2v) is 22.1. The van der Waals surface area contributed by atoms with Crippen molar-refractivity contribution in [2.45, 2.75) is 199 Å². The number of oxime groups is 1. The Labute approximate surface area is 455 Å². The third-order valence-corrected chi connectivity index (χ3v) is 15.7. The summed E-state index contributed by atoms with van der Waals surface area (Å²) in [5, 5.41) is 64.8. The second kappa shape index (κ2) is 32.1. The number of ether oxygens (including phenoxy) is 5. The number of rotatable bonds is 14. The van der Waals surface area contributed by atoms with Crippen LogP contribution < -0.4 is 11.1 Å². The van der Waals surface area contributed by atoms with Crippen molar-refractivity contribution in [3.8, 4) is 0 Å². The van der Waals surface area contributed by atoms with Gasteiger partial charge in [-0.3, -0.25) is 19.2 Å². The first kappa shape index (κ1) is 65.3. The SMILES string of the molecule is CO[C@H]1C[C@@H]2CC[C@@H](C)[C@@](O)(O2)C(=O)C(=O)N2CCCC[C@H]2C(=O)O[C@H]([C@H](N)C[C@@H]2CC[C@@H](O)[C@H](OC)C2)C[C@@H](O)[C@H](C)/C=C(\C)[C@@H](O)[C@@H](O)/C(=N/OCC(=O)NCCOCCC(C)=O)[C@H](C)C[C@H](C)/C=C/C=CC=C1C. The number of amides is 2. The molecule has 1 aliphatic carbocycles. The Hall–Kier alpha value is -4.22. The highest BCUT2D eigenvalue weighted by Crippen LogP contribution is 2.37. The van der Waals surface area contributed by atoms with E-state index in [1.54, 1.807) is 34.0 Å². The molecule has 0 unspecified atom stereocenters. The molecule has 2 amide bonds. The van der Waals surface area contributed by atoms with E-state index in [0.717, 1.165) is 10.5 Å². The molecule has 4 rings (SSSR count). The van der Waals surface area contributed by atoms with Gasteiger partial charge in [0, 0.05) is 70.4 Å².